The fourth-order valence-corrected chi connectivity index (χ4v) is 7.39. The molecule has 40 heavy (non-hydrogen) atoms. The first-order valence-corrected chi connectivity index (χ1v) is 16.1. The summed E-state index contributed by atoms with van der Waals surface area (Å²) >= 11 is 0. The Balaban J connectivity index is 1.09. The molecule has 2 atom stereocenters. The smallest absolute Gasteiger partial charge is 0.244 e. The second-order valence-electron chi connectivity index (χ2n) is 10.2. The topological polar surface area (TPSA) is 147 Å². The Morgan fingerprint density at radius 3 is 2.65 bits per heavy atom. The first-order chi connectivity index (χ1) is 19.1. The summed E-state index contributed by atoms with van der Waals surface area (Å²) in [6, 6.07) is 15.2. The molecule has 11 nitrogen and oxygen atoms in total. The molecule has 2 aromatic carbocycles. The Labute approximate surface area is 234 Å². The zero-order valence-corrected chi connectivity index (χ0v) is 23.8. The summed E-state index contributed by atoms with van der Waals surface area (Å²) < 4.78 is 66.0. The van der Waals surface area contributed by atoms with Crippen molar-refractivity contribution in [3.63, 3.8) is 0 Å². The molecule has 13 heteroatoms. The van der Waals surface area contributed by atoms with Crippen molar-refractivity contribution in [3.8, 4) is 5.75 Å². The van der Waals surface area contributed by atoms with E-state index in [2.05, 4.69) is 15.0 Å². The third-order valence-electron chi connectivity index (χ3n) is 7.51. The number of rotatable bonds is 10. The normalized spacial score (nSPS) is 20.6. The highest BCUT2D eigenvalue weighted by molar-refractivity contribution is 7.89. The average molecular weight is 591 g/mol. The maximum atomic E-state index is 13.3. The van der Waals surface area contributed by atoms with Gasteiger partial charge in [-0.15, -0.1) is 0 Å². The number of hydrogen-bond acceptors (Lipinski definition) is 9. The van der Waals surface area contributed by atoms with Crippen LogP contribution in [0.2, 0.25) is 0 Å². The highest BCUT2D eigenvalue weighted by atomic mass is 32.2. The van der Waals surface area contributed by atoms with Gasteiger partial charge in [-0.1, -0.05) is 24.3 Å². The van der Waals surface area contributed by atoms with Crippen molar-refractivity contribution in [2.45, 2.75) is 46.8 Å². The van der Waals surface area contributed by atoms with E-state index in [9.17, 15) is 21.9 Å². The molecule has 5 rings (SSSR count). The molecule has 2 saturated heterocycles. The molecule has 0 amide bonds. The van der Waals surface area contributed by atoms with Crippen molar-refractivity contribution in [1.29, 1.82) is 0 Å². The maximum Gasteiger partial charge on any atom is 0.244 e. The van der Waals surface area contributed by atoms with Gasteiger partial charge in [0.05, 0.1) is 22.6 Å². The van der Waals surface area contributed by atoms with Gasteiger partial charge in [0, 0.05) is 43.3 Å². The molecule has 2 aliphatic heterocycles. The molecule has 2 aliphatic rings. The van der Waals surface area contributed by atoms with Crippen LogP contribution in [-0.4, -0.2) is 88.9 Å². The summed E-state index contributed by atoms with van der Waals surface area (Å²) in [5, 5.41) is 14.5. The molecule has 0 radical (unpaired) electrons. The molecular formula is C27H34N4O7S2. The number of nitrogens with one attached hydrogen (secondary N) is 2. The SMILES string of the molecule is CNS(=O)(=O)c1cccc(OC[C@@H](O)CN[C@@H]2COC3(CCN(S(=O)(=O)c4cnc5ccccc5c4)CC3)C2)c1. The lowest BCUT2D eigenvalue weighted by molar-refractivity contribution is -0.0312. The predicted molar refractivity (Wildman–Crippen MR) is 149 cm³/mol. The summed E-state index contributed by atoms with van der Waals surface area (Å²) in [5.74, 6) is 0.347. The van der Waals surface area contributed by atoms with Crippen LogP contribution in [0, 0.1) is 0 Å². The van der Waals surface area contributed by atoms with E-state index in [4.69, 9.17) is 9.47 Å². The van der Waals surface area contributed by atoms with Gasteiger partial charge in [0.25, 0.3) is 0 Å². The van der Waals surface area contributed by atoms with Crippen molar-refractivity contribution in [2.75, 3.05) is 39.9 Å². The lowest BCUT2D eigenvalue weighted by atomic mass is 9.88. The molecule has 3 N–H and O–H groups in total. The van der Waals surface area contributed by atoms with Crippen LogP contribution in [-0.2, 0) is 24.8 Å². The number of nitrogens with zero attached hydrogens (tertiary/aromatic N) is 2. The molecule has 216 valence electrons. The van der Waals surface area contributed by atoms with Crippen LogP contribution in [0.1, 0.15) is 19.3 Å². The van der Waals surface area contributed by atoms with Gasteiger partial charge < -0.3 is 19.9 Å². The van der Waals surface area contributed by atoms with Crippen LogP contribution in [0.4, 0.5) is 0 Å². The van der Waals surface area contributed by atoms with Crippen LogP contribution in [0.5, 0.6) is 5.75 Å². The van der Waals surface area contributed by atoms with Crippen molar-refractivity contribution in [1.82, 2.24) is 19.3 Å². The van der Waals surface area contributed by atoms with Gasteiger partial charge >= 0.3 is 0 Å². The molecule has 1 aromatic heterocycles. The molecular weight excluding hydrogens is 556 g/mol. The number of benzene rings is 2. The van der Waals surface area contributed by atoms with E-state index in [1.54, 1.807) is 18.2 Å². The minimum absolute atomic E-state index is 0.00871. The Bertz CT molecular complexity index is 1560. The van der Waals surface area contributed by atoms with Gasteiger partial charge in [0.2, 0.25) is 20.0 Å². The molecule has 1 spiro atoms. The second-order valence-corrected chi connectivity index (χ2v) is 14.0. The minimum atomic E-state index is -3.66. The molecule has 3 heterocycles. The monoisotopic (exact) mass is 590 g/mol. The Morgan fingerprint density at radius 2 is 1.88 bits per heavy atom. The minimum Gasteiger partial charge on any atom is -0.491 e. The Kier molecular flexibility index (Phi) is 8.43. The maximum absolute atomic E-state index is 13.3. The summed E-state index contributed by atoms with van der Waals surface area (Å²) in [6.07, 6.45) is 2.50. The zero-order valence-electron chi connectivity index (χ0n) is 22.2. The third kappa shape index (κ3) is 6.30. The third-order valence-corrected chi connectivity index (χ3v) is 10.8. The van der Waals surface area contributed by atoms with E-state index in [-0.39, 0.29) is 29.0 Å². The quantitative estimate of drug-likeness (QED) is 0.319. The van der Waals surface area contributed by atoms with Crippen LogP contribution < -0.4 is 14.8 Å². The first-order valence-electron chi connectivity index (χ1n) is 13.2. The lowest BCUT2D eigenvalue weighted by Gasteiger charge is -2.38. The lowest BCUT2D eigenvalue weighted by Crippen LogP contribution is -2.47. The van der Waals surface area contributed by atoms with E-state index in [0.717, 1.165) is 17.3 Å². The number of piperidine rings is 1. The number of sulfonamides is 2. The largest absolute Gasteiger partial charge is 0.491 e. The summed E-state index contributed by atoms with van der Waals surface area (Å²) in [5.41, 5.74) is 0.356. The van der Waals surface area contributed by atoms with Gasteiger partial charge in [0.1, 0.15) is 23.4 Å². The molecule has 0 aliphatic carbocycles. The predicted octanol–water partition coefficient (Wildman–Crippen LogP) is 1.48. The van der Waals surface area contributed by atoms with Crippen molar-refractivity contribution < 1.29 is 31.4 Å². The number of hydrogen-bond donors (Lipinski definition) is 3. The number of pyridine rings is 1. The fourth-order valence-electron chi connectivity index (χ4n) is 5.20. The number of fused-ring (bicyclic) bond motifs is 1. The molecule has 0 unspecified atom stereocenters. The fraction of sp³-hybridized carbons (Fsp3) is 0.444. The zero-order chi connectivity index (χ0) is 28.4. The van der Waals surface area contributed by atoms with Gasteiger partial charge in [-0.25, -0.2) is 21.6 Å². The van der Waals surface area contributed by atoms with E-state index in [0.29, 0.717) is 38.3 Å². The number of aromatic nitrogens is 1. The van der Waals surface area contributed by atoms with Crippen LogP contribution in [0.3, 0.4) is 0 Å². The van der Waals surface area contributed by atoms with Crippen LogP contribution >= 0.6 is 0 Å². The van der Waals surface area contributed by atoms with E-state index >= 15 is 0 Å². The highest BCUT2D eigenvalue weighted by Crippen LogP contribution is 2.37. The van der Waals surface area contributed by atoms with Gasteiger partial charge in [0.15, 0.2) is 0 Å². The molecule has 0 bridgehead atoms. The number of ether oxygens (including phenoxy) is 2. The van der Waals surface area contributed by atoms with E-state index < -0.39 is 31.8 Å². The highest BCUT2D eigenvalue weighted by Gasteiger charge is 2.44. The average Bonchev–Trinajstić information content (AvgIpc) is 3.37. The van der Waals surface area contributed by atoms with Crippen LogP contribution in [0.15, 0.2) is 70.6 Å². The molecule has 0 saturated carbocycles. The summed E-state index contributed by atoms with van der Waals surface area (Å²) in [4.78, 5) is 4.59. The second kappa shape index (κ2) is 11.7. The van der Waals surface area contributed by atoms with Crippen molar-refractivity contribution >= 4 is 30.9 Å². The Morgan fingerprint density at radius 1 is 1.10 bits per heavy atom. The van der Waals surface area contributed by atoms with Gasteiger partial charge in [-0.2, -0.15) is 4.31 Å². The number of para-hydroxylation sites is 1. The van der Waals surface area contributed by atoms with E-state index in [1.807, 2.05) is 24.3 Å². The van der Waals surface area contributed by atoms with Crippen molar-refractivity contribution in [2.24, 2.45) is 0 Å². The first kappa shape index (κ1) is 28.9. The standard InChI is InChI=1S/C27H34N4O7S2/c1-28-39(33,34)24-7-4-6-23(14-24)37-19-22(32)16-29-21-15-27(38-18-21)9-11-31(12-10-27)40(35,36)25-13-20-5-2-3-8-26(20)30-17-25/h2-8,13-14,17,21-22,28-29,32H,9-12,15-16,18-19H2,1H3/t21-,22-/m0/s1. The van der Waals surface area contributed by atoms with Crippen molar-refractivity contribution in [3.05, 3.63) is 60.8 Å². The summed E-state index contributed by atoms with van der Waals surface area (Å²) in [6.45, 7) is 1.46. The van der Waals surface area contributed by atoms with Crippen LogP contribution in [0.25, 0.3) is 10.9 Å². The molecule has 3 aromatic rings. The molecule has 2 fully saturated rings. The Hall–Kier alpha value is -2.65. The van der Waals surface area contributed by atoms with Gasteiger partial charge in [-0.3, -0.25) is 4.98 Å². The number of aliphatic hydroxyl groups is 1. The van der Waals surface area contributed by atoms with E-state index in [1.165, 1.54) is 29.7 Å². The number of aliphatic hydroxyl groups excluding tert-OH is 1. The summed E-state index contributed by atoms with van der Waals surface area (Å²) in [7, 11) is -5.91. The van der Waals surface area contributed by atoms with Gasteiger partial charge in [-0.05, 0) is 50.6 Å².